The van der Waals surface area contributed by atoms with E-state index < -0.39 is 0 Å². The highest BCUT2D eigenvalue weighted by Gasteiger charge is 2.26. The summed E-state index contributed by atoms with van der Waals surface area (Å²) in [6.07, 6.45) is 0. The molecule has 4 rings (SSSR count). The maximum Gasteiger partial charge on any atom is 0.255 e. The minimum Gasteiger partial charge on any atom is -0.378 e. The number of hydrogen-bond acceptors (Lipinski definition) is 7. The van der Waals surface area contributed by atoms with Crippen molar-refractivity contribution in [2.24, 2.45) is 0 Å². The molecule has 0 saturated carbocycles. The van der Waals surface area contributed by atoms with E-state index in [0.29, 0.717) is 70.3 Å². The zero-order chi connectivity index (χ0) is 21.6. The van der Waals surface area contributed by atoms with Gasteiger partial charge in [0.05, 0.1) is 31.0 Å². The number of carbonyl (C=O) groups is 2. The van der Waals surface area contributed by atoms with Gasteiger partial charge in [0.2, 0.25) is 5.91 Å². The standard InChI is InChI=1S/C22H28N4O4S/c1-17-14-18(23-30-17)16-31-20-5-3-2-4-19(20)22(28)26-8-6-24(7-9-26)15-21(27)25-10-12-29-13-11-25/h2-5,14H,6-13,15-16H2,1H3. The fourth-order valence-corrected chi connectivity index (χ4v) is 4.72. The first kappa shape index (κ1) is 21.9. The highest BCUT2D eigenvalue weighted by molar-refractivity contribution is 7.98. The lowest BCUT2D eigenvalue weighted by molar-refractivity contribution is -0.136. The summed E-state index contributed by atoms with van der Waals surface area (Å²) in [6, 6.07) is 9.61. The van der Waals surface area contributed by atoms with Crippen molar-refractivity contribution in [2.45, 2.75) is 17.6 Å². The maximum atomic E-state index is 13.2. The summed E-state index contributed by atoms with van der Waals surface area (Å²) in [7, 11) is 0. The molecule has 8 nitrogen and oxygen atoms in total. The molecule has 0 atom stereocenters. The molecule has 31 heavy (non-hydrogen) atoms. The molecule has 2 aromatic rings. The van der Waals surface area contributed by atoms with Crippen LogP contribution in [-0.2, 0) is 15.3 Å². The van der Waals surface area contributed by atoms with Crippen molar-refractivity contribution in [3.8, 4) is 0 Å². The van der Waals surface area contributed by atoms with Gasteiger partial charge >= 0.3 is 0 Å². The van der Waals surface area contributed by atoms with E-state index in [9.17, 15) is 9.59 Å². The second-order valence-corrected chi connectivity index (χ2v) is 8.79. The van der Waals surface area contributed by atoms with Gasteiger partial charge in [-0.15, -0.1) is 11.8 Å². The zero-order valence-corrected chi connectivity index (χ0v) is 18.6. The molecule has 0 unspecified atom stereocenters. The average molecular weight is 445 g/mol. The molecule has 2 saturated heterocycles. The Morgan fingerprint density at radius 1 is 1.03 bits per heavy atom. The molecule has 0 radical (unpaired) electrons. The lowest BCUT2D eigenvalue weighted by Crippen LogP contribution is -2.52. The molecule has 0 spiro atoms. The minimum absolute atomic E-state index is 0.0404. The van der Waals surface area contributed by atoms with Gasteiger partial charge in [-0.1, -0.05) is 17.3 Å². The molecule has 0 N–H and O–H groups in total. The summed E-state index contributed by atoms with van der Waals surface area (Å²) in [5.74, 6) is 1.62. The van der Waals surface area contributed by atoms with E-state index >= 15 is 0 Å². The average Bonchev–Trinajstić information content (AvgIpc) is 3.23. The molecule has 3 heterocycles. The molecular formula is C22H28N4O4S. The number of benzene rings is 1. The van der Waals surface area contributed by atoms with Gasteiger partial charge in [0.15, 0.2) is 0 Å². The Labute approximate surface area is 186 Å². The first-order valence-electron chi connectivity index (χ1n) is 10.6. The van der Waals surface area contributed by atoms with Gasteiger partial charge < -0.3 is 19.1 Å². The van der Waals surface area contributed by atoms with Crippen LogP contribution in [-0.4, -0.2) is 90.7 Å². The number of ether oxygens (including phenoxy) is 1. The molecule has 2 amide bonds. The molecule has 9 heteroatoms. The predicted molar refractivity (Wildman–Crippen MR) is 117 cm³/mol. The van der Waals surface area contributed by atoms with E-state index in [0.717, 1.165) is 16.3 Å². The van der Waals surface area contributed by atoms with E-state index in [1.54, 1.807) is 11.8 Å². The number of nitrogens with zero attached hydrogens (tertiary/aromatic N) is 4. The van der Waals surface area contributed by atoms with Crippen LogP contribution in [0.3, 0.4) is 0 Å². The van der Waals surface area contributed by atoms with Crippen LogP contribution in [0, 0.1) is 6.92 Å². The van der Waals surface area contributed by atoms with Crippen LogP contribution in [0.25, 0.3) is 0 Å². The van der Waals surface area contributed by atoms with Gasteiger partial charge in [0, 0.05) is 56.0 Å². The van der Waals surface area contributed by atoms with Crippen molar-refractivity contribution >= 4 is 23.6 Å². The van der Waals surface area contributed by atoms with E-state index in [1.807, 2.05) is 47.1 Å². The first-order valence-corrected chi connectivity index (χ1v) is 11.6. The van der Waals surface area contributed by atoms with Gasteiger partial charge in [-0.2, -0.15) is 0 Å². The Morgan fingerprint density at radius 2 is 1.77 bits per heavy atom. The van der Waals surface area contributed by atoms with Crippen molar-refractivity contribution in [1.29, 1.82) is 0 Å². The summed E-state index contributed by atoms with van der Waals surface area (Å²) in [5, 5.41) is 4.03. The number of amides is 2. The van der Waals surface area contributed by atoms with Crippen molar-refractivity contribution in [3.63, 3.8) is 0 Å². The van der Waals surface area contributed by atoms with Crippen molar-refractivity contribution in [3.05, 3.63) is 47.3 Å². The number of hydrogen-bond donors (Lipinski definition) is 0. The lowest BCUT2D eigenvalue weighted by Gasteiger charge is -2.36. The Hall–Kier alpha value is -2.36. The monoisotopic (exact) mass is 444 g/mol. The summed E-state index contributed by atoms with van der Waals surface area (Å²) >= 11 is 1.59. The number of piperazine rings is 1. The molecule has 1 aromatic carbocycles. The van der Waals surface area contributed by atoms with Gasteiger partial charge in [-0.25, -0.2) is 0 Å². The molecule has 1 aromatic heterocycles. The number of aromatic nitrogens is 1. The van der Waals surface area contributed by atoms with Crippen LogP contribution in [0.2, 0.25) is 0 Å². The SMILES string of the molecule is Cc1cc(CSc2ccccc2C(=O)N2CCN(CC(=O)N3CCOCC3)CC2)no1. The fourth-order valence-electron chi connectivity index (χ4n) is 3.79. The third-order valence-electron chi connectivity index (χ3n) is 5.55. The van der Waals surface area contributed by atoms with E-state index in [4.69, 9.17) is 9.26 Å². The largest absolute Gasteiger partial charge is 0.378 e. The maximum absolute atomic E-state index is 13.2. The normalized spacial score (nSPS) is 17.7. The van der Waals surface area contributed by atoms with Crippen LogP contribution in [0.15, 0.2) is 39.8 Å². The van der Waals surface area contributed by atoms with Crippen molar-refractivity contribution in [1.82, 2.24) is 19.9 Å². The summed E-state index contributed by atoms with van der Waals surface area (Å²) in [4.78, 5) is 32.5. The van der Waals surface area contributed by atoms with Crippen molar-refractivity contribution < 1.29 is 18.8 Å². The van der Waals surface area contributed by atoms with Gasteiger partial charge in [-0.3, -0.25) is 14.5 Å². The second-order valence-electron chi connectivity index (χ2n) is 7.78. The van der Waals surface area contributed by atoms with Crippen LogP contribution in [0.5, 0.6) is 0 Å². The molecule has 2 aliphatic rings. The van der Waals surface area contributed by atoms with Crippen LogP contribution < -0.4 is 0 Å². The van der Waals surface area contributed by atoms with E-state index in [2.05, 4.69) is 10.1 Å². The highest BCUT2D eigenvalue weighted by Crippen LogP contribution is 2.27. The third kappa shape index (κ3) is 5.66. The van der Waals surface area contributed by atoms with E-state index in [-0.39, 0.29) is 11.8 Å². The number of aryl methyl sites for hydroxylation is 1. The molecule has 0 bridgehead atoms. The predicted octanol–water partition coefficient (Wildman–Crippen LogP) is 1.89. The number of carbonyl (C=O) groups excluding carboxylic acids is 2. The number of morpholine rings is 1. The second kappa shape index (κ2) is 10.3. The molecular weight excluding hydrogens is 416 g/mol. The van der Waals surface area contributed by atoms with Crippen molar-refractivity contribution in [2.75, 3.05) is 59.0 Å². The quantitative estimate of drug-likeness (QED) is 0.630. The third-order valence-corrected chi connectivity index (χ3v) is 6.66. The Balaban J connectivity index is 1.30. The summed E-state index contributed by atoms with van der Waals surface area (Å²) < 4.78 is 10.4. The molecule has 166 valence electrons. The number of rotatable bonds is 6. The van der Waals surface area contributed by atoms with Gasteiger partial charge in [-0.05, 0) is 19.1 Å². The molecule has 0 aliphatic carbocycles. The Bertz CT molecular complexity index is 904. The van der Waals surface area contributed by atoms with E-state index in [1.165, 1.54) is 0 Å². The lowest BCUT2D eigenvalue weighted by atomic mass is 10.2. The molecule has 2 aliphatic heterocycles. The Morgan fingerprint density at radius 3 is 2.48 bits per heavy atom. The zero-order valence-electron chi connectivity index (χ0n) is 17.8. The summed E-state index contributed by atoms with van der Waals surface area (Å²) in [5.41, 5.74) is 1.58. The number of thioether (sulfide) groups is 1. The first-order chi connectivity index (χ1) is 15.1. The van der Waals surface area contributed by atoms with Gasteiger partial charge in [0.1, 0.15) is 5.76 Å². The molecule has 2 fully saturated rings. The van der Waals surface area contributed by atoms with Crippen LogP contribution in [0.4, 0.5) is 0 Å². The topological polar surface area (TPSA) is 79.1 Å². The highest BCUT2D eigenvalue weighted by atomic mass is 32.2. The smallest absolute Gasteiger partial charge is 0.255 e. The van der Waals surface area contributed by atoms with Crippen LogP contribution in [0.1, 0.15) is 21.8 Å². The van der Waals surface area contributed by atoms with Crippen LogP contribution >= 0.6 is 11.8 Å². The Kier molecular flexibility index (Phi) is 7.26. The minimum atomic E-state index is 0.0404. The fraction of sp³-hybridized carbons (Fsp3) is 0.500. The summed E-state index contributed by atoms with van der Waals surface area (Å²) in [6.45, 7) is 7.49. The van der Waals surface area contributed by atoms with Gasteiger partial charge in [0.25, 0.3) is 5.91 Å².